The van der Waals surface area contributed by atoms with Gasteiger partial charge in [0.25, 0.3) is 0 Å². The molecule has 2 unspecified atom stereocenters. The Kier molecular flexibility index (Phi) is 4.78. The minimum atomic E-state index is -3.30. The minimum absolute atomic E-state index is 0.0161. The van der Waals surface area contributed by atoms with Crippen LogP contribution in [0, 0.1) is 5.92 Å². The highest BCUT2D eigenvalue weighted by molar-refractivity contribution is 7.91. The van der Waals surface area contributed by atoms with Crippen molar-refractivity contribution in [1.82, 2.24) is 0 Å². The smallest absolute Gasteiger partial charge is 0.309 e. The van der Waals surface area contributed by atoms with Crippen molar-refractivity contribution in [2.45, 2.75) is 45.3 Å². The number of esters is 1. The van der Waals surface area contributed by atoms with Gasteiger partial charge in [-0.2, -0.15) is 0 Å². The van der Waals surface area contributed by atoms with Crippen molar-refractivity contribution in [3.8, 4) is 0 Å². The van der Waals surface area contributed by atoms with Gasteiger partial charge in [-0.15, -0.1) is 0 Å². The number of sulfone groups is 1. The molecule has 6 heteroatoms. The highest BCUT2D eigenvalue weighted by Gasteiger charge is 2.35. The summed E-state index contributed by atoms with van der Waals surface area (Å²) in [6.07, 6.45) is 1.35. The van der Waals surface area contributed by atoms with E-state index in [2.05, 4.69) is 4.74 Å². The lowest BCUT2D eigenvalue weighted by molar-refractivity contribution is -0.144. The number of ether oxygens (including phenoxy) is 2. The molecule has 0 N–H and O–H groups in total. The maximum Gasteiger partial charge on any atom is 0.309 e. The zero-order chi connectivity index (χ0) is 14.0. The Morgan fingerprint density at radius 1 is 1.50 bits per heavy atom. The molecule has 0 aromatic heterocycles. The Morgan fingerprint density at radius 3 is 2.56 bits per heavy atom. The second-order valence-corrected chi connectivity index (χ2v) is 7.69. The Hall–Kier alpha value is -0.620. The number of carbonyl (C=O) groups is 1. The summed E-state index contributed by atoms with van der Waals surface area (Å²) in [5.74, 6) is -1.32. The summed E-state index contributed by atoms with van der Waals surface area (Å²) in [7, 11) is -2.04. The molecule has 1 heterocycles. The minimum Gasteiger partial charge on any atom is -0.469 e. The Bertz CT molecular complexity index is 399. The molecule has 1 aliphatic heterocycles. The number of rotatable bonds is 5. The third-order valence-corrected chi connectivity index (χ3v) is 4.99. The number of hydrogen-bond acceptors (Lipinski definition) is 5. The van der Waals surface area contributed by atoms with Crippen LogP contribution in [-0.4, -0.2) is 44.7 Å². The van der Waals surface area contributed by atoms with E-state index in [9.17, 15) is 13.2 Å². The quantitative estimate of drug-likeness (QED) is 0.706. The fourth-order valence-corrected chi connectivity index (χ4v) is 4.03. The lowest BCUT2D eigenvalue weighted by Crippen LogP contribution is -2.30. The standard InChI is InChI=1S/C12H22O5S/c1-9(11(13)16-4)7-18(14,15)8-10-5-6-12(2,3)17-10/h9-10H,5-8H2,1-4H3. The van der Waals surface area contributed by atoms with Gasteiger partial charge >= 0.3 is 5.97 Å². The fourth-order valence-electron chi connectivity index (χ4n) is 2.20. The second-order valence-electron chi connectivity index (χ2n) is 5.54. The summed E-state index contributed by atoms with van der Waals surface area (Å²) in [4.78, 5) is 11.2. The summed E-state index contributed by atoms with van der Waals surface area (Å²) >= 11 is 0. The summed E-state index contributed by atoms with van der Waals surface area (Å²) in [5, 5.41) is 0. The zero-order valence-electron chi connectivity index (χ0n) is 11.4. The van der Waals surface area contributed by atoms with E-state index in [1.807, 2.05) is 13.8 Å². The molecule has 0 amide bonds. The molecule has 18 heavy (non-hydrogen) atoms. The van der Waals surface area contributed by atoms with E-state index < -0.39 is 21.7 Å². The van der Waals surface area contributed by atoms with E-state index in [1.54, 1.807) is 6.92 Å². The molecule has 0 saturated carbocycles. The SMILES string of the molecule is COC(=O)C(C)CS(=O)(=O)CC1CCC(C)(C)O1. The molecule has 0 radical (unpaired) electrons. The monoisotopic (exact) mass is 278 g/mol. The van der Waals surface area contributed by atoms with Crippen LogP contribution in [0.5, 0.6) is 0 Å². The fraction of sp³-hybridized carbons (Fsp3) is 0.917. The predicted octanol–water partition coefficient (Wildman–Crippen LogP) is 1.17. The molecular weight excluding hydrogens is 256 g/mol. The molecule has 1 rings (SSSR count). The van der Waals surface area contributed by atoms with Crippen LogP contribution < -0.4 is 0 Å². The van der Waals surface area contributed by atoms with E-state index in [4.69, 9.17) is 4.74 Å². The van der Waals surface area contributed by atoms with Crippen LogP contribution in [0.1, 0.15) is 33.6 Å². The van der Waals surface area contributed by atoms with Crippen LogP contribution in [0.25, 0.3) is 0 Å². The van der Waals surface area contributed by atoms with Crippen LogP contribution in [0.4, 0.5) is 0 Å². The van der Waals surface area contributed by atoms with Gasteiger partial charge in [0.05, 0.1) is 36.2 Å². The largest absolute Gasteiger partial charge is 0.469 e. The third kappa shape index (κ3) is 4.57. The lowest BCUT2D eigenvalue weighted by atomic mass is 10.1. The van der Waals surface area contributed by atoms with Crippen molar-refractivity contribution >= 4 is 15.8 Å². The van der Waals surface area contributed by atoms with E-state index in [-0.39, 0.29) is 23.2 Å². The first kappa shape index (κ1) is 15.4. The number of hydrogen-bond donors (Lipinski definition) is 0. The Labute approximate surface area is 109 Å². The van der Waals surface area contributed by atoms with Gasteiger partial charge in [-0.05, 0) is 26.7 Å². The van der Waals surface area contributed by atoms with E-state index >= 15 is 0 Å². The molecule has 0 bridgehead atoms. The molecule has 1 aliphatic rings. The summed E-state index contributed by atoms with van der Waals surface area (Å²) in [6.45, 7) is 5.47. The van der Waals surface area contributed by atoms with Crippen LogP contribution in [0.3, 0.4) is 0 Å². The first-order chi connectivity index (χ1) is 8.15. The van der Waals surface area contributed by atoms with Crippen molar-refractivity contribution in [3.63, 3.8) is 0 Å². The topological polar surface area (TPSA) is 69.7 Å². The zero-order valence-corrected chi connectivity index (χ0v) is 12.2. The molecule has 5 nitrogen and oxygen atoms in total. The van der Waals surface area contributed by atoms with Crippen molar-refractivity contribution in [1.29, 1.82) is 0 Å². The summed E-state index contributed by atoms with van der Waals surface area (Å²) in [6, 6.07) is 0. The van der Waals surface area contributed by atoms with Crippen molar-refractivity contribution in [3.05, 3.63) is 0 Å². The van der Waals surface area contributed by atoms with Gasteiger partial charge in [-0.1, -0.05) is 6.92 Å². The van der Waals surface area contributed by atoms with E-state index in [1.165, 1.54) is 7.11 Å². The maximum absolute atomic E-state index is 11.9. The highest BCUT2D eigenvalue weighted by Crippen LogP contribution is 2.30. The molecule has 1 fully saturated rings. The van der Waals surface area contributed by atoms with Gasteiger partial charge in [-0.25, -0.2) is 8.42 Å². The first-order valence-corrected chi connectivity index (χ1v) is 7.93. The number of carbonyl (C=O) groups excluding carboxylic acids is 1. The number of methoxy groups -OCH3 is 1. The van der Waals surface area contributed by atoms with Crippen molar-refractivity contribution in [2.75, 3.05) is 18.6 Å². The first-order valence-electron chi connectivity index (χ1n) is 6.11. The van der Waals surface area contributed by atoms with Gasteiger partial charge in [0.1, 0.15) is 0 Å². The van der Waals surface area contributed by atoms with Crippen molar-refractivity contribution in [2.24, 2.45) is 5.92 Å². The maximum atomic E-state index is 11.9. The van der Waals surface area contributed by atoms with Crippen LogP contribution in [-0.2, 0) is 24.1 Å². The predicted molar refractivity (Wildman–Crippen MR) is 68.0 cm³/mol. The Balaban J connectivity index is 2.53. The Morgan fingerprint density at radius 2 is 2.11 bits per heavy atom. The average Bonchev–Trinajstić information content (AvgIpc) is 2.54. The van der Waals surface area contributed by atoms with Gasteiger partial charge in [0.2, 0.25) is 0 Å². The molecule has 2 atom stereocenters. The molecule has 1 saturated heterocycles. The van der Waals surface area contributed by atoms with Crippen LogP contribution >= 0.6 is 0 Å². The van der Waals surface area contributed by atoms with Gasteiger partial charge in [-0.3, -0.25) is 4.79 Å². The summed E-state index contributed by atoms with van der Waals surface area (Å²) in [5.41, 5.74) is -0.242. The van der Waals surface area contributed by atoms with Gasteiger partial charge in [0, 0.05) is 0 Å². The molecule has 0 spiro atoms. The second kappa shape index (κ2) is 5.57. The molecule has 0 aromatic carbocycles. The third-order valence-electron chi connectivity index (χ3n) is 3.10. The lowest BCUT2D eigenvalue weighted by Gasteiger charge is -2.19. The molecule has 0 aromatic rings. The molecular formula is C12H22O5S. The normalized spacial score (nSPS) is 24.8. The van der Waals surface area contributed by atoms with E-state index in [0.29, 0.717) is 0 Å². The molecule has 0 aliphatic carbocycles. The van der Waals surface area contributed by atoms with Gasteiger partial charge in [0.15, 0.2) is 9.84 Å². The molecule has 106 valence electrons. The summed E-state index contributed by atoms with van der Waals surface area (Å²) < 4.78 is 34.1. The van der Waals surface area contributed by atoms with Crippen molar-refractivity contribution < 1.29 is 22.7 Å². The van der Waals surface area contributed by atoms with Gasteiger partial charge < -0.3 is 9.47 Å². The average molecular weight is 278 g/mol. The van der Waals surface area contributed by atoms with Crippen LogP contribution in [0.15, 0.2) is 0 Å². The highest BCUT2D eigenvalue weighted by atomic mass is 32.2. The van der Waals surface area contributed by atoms with Crippen LogP contribution in [0.2, 0.25) is 0 Å². The van der Waals surface area contributed by atoms with E-state index in [0.717, 1.165) is 12.8 Å².